The van der Waals surface area contributed by atoms with Gasteiger partial charge in [-0.1, -0.05) is 6.92 Å². The molecule has 4 nitrogen and oxygen atoms in total. The van der Waals surface area contributed by atoms with Crippen molar-refractivity contribution < 1.29 is 4.79 Å². The standard InChI is InChI=1S/C7H12N3O/c1-5-2-10(4-8)3-6(5)7(9)11/h4-6H,2-3H2,1H3,(H2,9,11)/q-1. The van der Waals surface area contributed by atoms with Crippen LogP contribution in [0.3, 0.4) is 0 Å². The minimum absolute atomic E-state index is 0.113. The van der Waals surface area contributed by atoms with E-state index in [9.17, 15) is 4.79 Å². The zero-order valence-corrected chi connectivity index (χ0v) is 6.53. The molecule has 2 N–H and O–H groups in total. The van der Waals surface area contributed by atoms with Gasteiger partial charge in [0.25, 0.3) is 0 Å². The van der Waals surface area contributed by atoms with E-state index in [1.165, 1.54) is 0 Å². The third kappa shape index (κ3) is 1.50. The number of carbonyl (C=O) groups is 1. The Labute approximate surface area is 65.9 Å². The van der Waals surface area contributed by atoms with E-state index in [1.807, 2.05) is 6.92 Å². The SMILES string of the molecule is CC1CN(C=[N-])CC1C(N)=O. The van der Waals surface area contributed by atoms with Crippen molar-refractivity contribution in [1.82, 2.24) is 4.90 Å². The number of nitrogens with zero attached hydrogens (tertiary/aromatic N) is 2. The molecule has 0 aromatic rings. The van der Waals surface area contributed by atoms with Gasteiger partial charge in [-0.25, -0.2) is 0 Å². The number of likely N-dealkylation sites (tertiary alicyclic amines) is 1. The minimum atomic E-state index is -0.276. The summed E-state index contributed by atoms with van der Waals surface area (Å²) < 4.78 is 0. The Kier molecular flexibility index (Phi) is 2.12. The van der Waals surface area contributed by atoms with Gasteiger partial charge in [0.1, 0.15) is 0 Å². The smallest absolute Gasteiger partial charge is 0.220 e. The molecular weight excluding hydrogens is 142 g/mol. The number of hydrogen-bond acceptors (Lipinski definition) is 1. The molecule has 1 amide bonds. The van der Waals surface area contributed by atoms with Gasteiger partial charge in [0.2, 0.25) is 5.91 Å². The lowest BCUT2D eigenvalue weighted by Crippen LogP contribution is -2.28. The van der Waals surface area contributed by atoms with E-state index >= 15 is 0 Å². The fourth-order valence-electron chi connectivity index (χ4n) is 1.47. The second kappa shape index (κ2) is 2.90. The fourth-order valence-corrected chi connectivity index (χ4v) is 1.47. The van der Waals surface area contributed by atoms with Crippen LogP contribution in [0, 0.1) is 11.8 Å². The summed E-state index contributed by atoms with van der Waals surface area (Å²) in [6, 6.07) is 0. The molecule has 1 fully saturated rings. The largest absolute Gasteiger partial charge is 0.473 e. The van der Waals surface area contributed by atoms with Crippen LogP contribution < -0.4 is 5.73 Å². The predicted molar refractivity (Wildman–Crippen MR) is 42.8 cm³/mol. The van der Waals surface area contributed by atoms with Crippen LogP contribution >= 0.6 is 0 Å². The number of amides is 1. The number of carbonyl (C=O) groups excluding carboxylic acids is 1. The quantitative estimate of drug-likeness (QED) is 0.436. The molecule has 11 heavy (non-hydrogen) atoms. The zero-order chi connectivity index (χ0) is 8.43. The van der Waals surface area contributed by atoms with Crippen LogP contribution in [-0.4, -0.2) is 30.2 Å². The third-order valence-electron chi connectivity index (χ3n) is 2.17. The van der Waals surface area contributed by atoms with Crippen LogP contribution in [0.1, 0.15) is 6.92 Å². The molecule has 62 valence electrons. The molecule has 1 saturated heterocycles. The van der Waals surface area contributed by atoms with Gasteiger partial charge in [-0.3, -0.25) is 4.79 Å². The second-order valence-corrected chi connectivity index (χ2v) is 3.06. The highest BCUT2D eigenvalue weighted by atomic mass is 16.1. The summed E-state index contributed by atoms with van der Waals surface area (Å²) in [5.74, 6) is -0.142. The lowest BCUT2D eigenvalue weighted by molar-refractivity contribution is -0.122. The van der Waals surface area contributed by atoms with Gasteiger partial charge in [-0.15, -0.1) is 6.34 Å². The predicted octanol–water partition coefficient (Wildman–Crippen LogP) is -0.363. The average Bonchev–Trinajstić information content (AvgIpc) is 2.30. The molecule has 1 rings (SSSR count). The summed E-state index contributed by atoms with van der Waals surface area (Å²) in [6.45, 7) is 3.22. The summed E-state index contributed by atoms with van der Waals surface area (Å²) in [5.41, 5.74) is 5.14. The first-order valence-corrected chi connectivity index (χ1v) is 3.66. The van der Waals surface area contributed by atoms with Crippen molar-refractivity contribution in [1.29, 1.82) is 0 Å². The lowest BCUT2D eigenvalue weighted by atomic mass is 9.98. The highest BCUT2D eigenvalue weighted by Gasteiger charge is 2.27. The van der Waals surface area contributed by atoms with E-state index < -0.39 is 0 Å². The average molecular weight is 154 g/mol. The number of rotatable bonds is 2. The first-order chi connectivity index (χ1) is 5.15. The Hall–Kier alpha value is -1.06. The topological polar surface area (TPSA) is 68.6 Å². The van der Waals surface area contributed by atoms with Crippen molar-refractivity contribution in [3.8, 4) is 0 Å². The molecule has 0 saturated carbocycles. The maximum atomic E-state index is 10.8. The van der Waals surface area contributed by atoms with Gasteiger partial charge in [-0.2, -0.15) is 0 Å². The minimum Gasteiger partial charge on any atom is -0.473 e. The van der Waals surface area contributed by atoms with Gasteiger partial charge in [0.05, 0.1) is 0 Å². The summed E-state index contributed by atoms with van der Waals surface area (Å²) in [6.07, 6.45) is 1.01. The second-order valence-electron chi connectivity index (χ2n) is 3.06. The molecule has 0 aliphatic carbocycles. The van der Waals surface area contributed by atoms with Crippen LogP contribution in [0.5, 0.6) is 0 Å². The molecule has 1 aliphatic rings. The molecule has 2 atom stereocenters. The molecule has 0 radical (unpaired) electrons. The molecular formula is C7H12N3O-. The Bertz CT molecular complexity index is 181. The first kappa shape index (κ1) is 8.04. The van der Waals surface area contributed by atoms with E-state index in [1.54, 1.807) is 4.90 Å². The summed E-state index contributed by atoms with van der Waals surface area (Å²) in [4.78, 5) is 12.5. The molecule has 0 spiro atoms. The van der Waals surface area contributed by atoms with Gasteiger partial charge in [0.15, 0.2) is 0 Å². The van der Waals surface area contributed by atoms with Crippen molar-refractivity contribution in [2.45, 2.75) is 6.92 Å². The molecule has 1 heterocycles. The van der Waals surface area contributed by atoms with Gasteiger partial charge >= 0.3 is 0 Å². The Balaban J connectivity index is 2.58. The Morgan fingerprint density at radius 3 is 2.64 bits per heavy atom. The fraction of sp³-hybridized carbons (Fsp3) is 0.714. The highest BCUT2D eigenvalue weighted by Crippen LogP contribution is 2.20. The van der Waals surface area contributed by atoms with Crippen molar-refractivity contribution in [2.24, 2.45) is 17.6 Å². The van der Waals surface area contributed by atoms with Crippen LogP contribution in [0.2, 0.25) is 0 Å². The Morgan fingerprint density at radius 2 is 2.36 bits per heavy atom. The van der Waals surface area contributed by atoms with E-state index in [0.717, 1.165) is 6.34 Å². The van der Waals surface area contributed by atoms with E-state index in [4.69, 9.17) is 11.1 Å². The van der Waals surface area contributed by atoms with Gasteiger partial charge in [-0.05, 0) is 19.0 Å². The lowest BCUT2D eigenvalue weighted by Gasteiger charge is -2.18. The van der Waals surface area contributed by atoms with E-state index in [2.05, 4.69) is 0 Å². The van der Waals surface area contributed by atoms with Crippen molar-refractivity contribution >= 4 is 12.2 Å². The maximum Gasteiger partial charge on any atom is 0.220 e. The summed E-state index contributed by atoms with van der Waals surface area (Å²) in [7, 11) is 0. The van der Waals surface area contributed by atoms with Crippen molar-refractivity contribution in [3.63, 3.8) is 0 Å². The molecule has 0 aromatic carbocycles. The molecule has 0 aromatic heterocycles. The summed E-state index contributed by atoms with van der Waals surface area (Å²) >= 11 is 0. The molecule has 4 heteroatoms. The first-order valence-electron chi connectivity index (χ1n) is 3.66. The number of primary amides is 1. The van der Waals surface area contributed by atoms with E-state index in [0.29, 0.717) is 13.1 Å². The van der Waals surface area contributed by atoms with Crippen LogP contribution in [0.15, 0.2) is 0 Å². The molecule has 2 unspecified atom stereocenters. The van der Waals surface area contributed by atoms with Gasteiger partial charge in [0, 0.05) is 5.92 Å². The molecule has 1 aliphatic heterocycles. The van der Waals surface area contributed by atoms with Crippen molar-refractivity contribution in [3.05, 3.63) is 5.41 Å². The normalized spacial score (nSPS) is 30.5. The van der Waals surface area contributed by atoms with Gasteiger partial charge < -0.3 is 16.0 Å². The third-order valence-corrected chi connectivity index (χ3v) is 2.17. The monoisotopic (exact) mass is 154 g/mol. The zero-order valence-electron chi connectivity index (χ0n) is 6.53. The maximum absolute atomic E-state index is 10.8. The summed E-state index contributed by atoms with van der Waals surface area (Å²) in [5, 5.41) is 8.63. The van der Waals surface area contributed by atoms with Crippen molar-refractivity contribution in [2.75, 3.05) is 13.1 Å². The van der Waals surface area contributed by atoms with E-state index in [-0.39, 0.29) is 17.7 Å². The van der Waals surface area contributed by atoms with Crippen LogP contribution in [0.4, 0.5) is 0 Å². The number of nitrogens with two attached hydrogens (primary N) is 1. The van der Waals surface area contributed by atoms with Crippen LogP contribution in [0.25, 0.3) is 5.41 Å². The highest BCUT2D eigenvalue weighted by molar-refractivity contribution is 5.78. The molecule has 0 bridgehead atoms. The number of hydrogen-bond donors (Lipinski definition) is 1. The Morgan fingerprint density at radius 1 is 1.73 bits per heavy atom. The van der Waals surface area contributed by atoms with Crippen LogP contribution in [-0.2, 0) is 4.79 Å².